The zero-order valence-electron chi connectivity index (χ0n) is 12.5. The van der Waals surface area contributed by atoms with Crippen LogP contribution in [0.15, 0.2) is 73.3 Å². The van der Waals surface area contributed by atoms with Crippen molar-refractivity contribution in [1.29, 1.82) is 0 Å². The van der Waals surface area contributed by atoms with Crippen LogP contribution in [0.2, 0.25) is 5.02 Å². The molecule has 2 aromatic carbocycles. The summed E-state index contributed by atoms with van der Waals surface area (Å²) < 4.78 is 2.90. The molecule has 3 rings (SSSR count). The first-order chi connectivity index (χ1) is 11.2. The normalized spacial score (nSPS) is 12.0. The summed E-state index contributed by atoms with van der Waals surface area (Å²) in [4.78, 5) is 4.04. The molecule has 0 atom stereocenters. The minimum absolute atomic E-state index is 0.249. The largest absolute Gasteiger partial charge is 0.623 e. The molecule has 0 radical (unpaired) electrons. The summed E-state index contributed by atoms with van der Waals surface area (Å²) in [7, 11) is 0. The molecule has 1 aromatic heterocycles. The first-order valence-corrected chi connectivity index (χ1v) is 7.66. The number of hydroxylamine groups is 1. The van der Waals surface area contributed by atoms with E-state index >= 15 is 0 Å². The van der Waals surface area contributed by atoms with Gasteiger partial charge in [-0.3, -0.25) is 0 Å². The lowest BCUT2D eigenvalue weighted by molar-refractivity contribution is -0.475. The van der Waals surface area contributed by atoms with Crippen molar-refractivity contribution >= 4 is 17.3 Å². The molecule has 0 spiro atoms. The second kappa shape index (κ2) is 7.11. The maximum atomic E-state index is 12.8. The third-order valence-electron chi connectivity index (χ3n) is 3.51. The third kappa shape index (κ3) is 3.99. The Morgan fingerprint density at radius 1 is 1.13 bits per heavy atom. The molecule has 0 saturated heterocycles. The Hall–Kier alpha value is -2.59. The molecule has 116 valence electrons. The molecule has 1 heterocycles. The van der Waals surface area contributed by atoms with E-state index in [0.29, 0.717) is 17.3 Å². The van der Waals surface area contributed by atoms with Gasteiger partial charge in [-0.2, -0.15) is 0 Å². The summed E-state index contributed by atoms with van der Waals surface area (Å²) >= 11 is 6.00. The van der Waals surface area contributed by atoms with Crippen LogP contribution in [-0.2, 0) is 13.1 Å². The molecule has 0 aliphatic heterocycles. The number of hydrogen-bond acceptors (Lipinski definition) is 2. The van der Waals surface area contributed by atoms with Crippen LogP contribution in [0, 0.1) is 5.21 Å². The van der Waals surface area contributed by atoms with Crippen molar-refractivity contribution < 1.29 is 4.74 Å². The molecule has 0 unspecified atom stereocenters. The minimum Gasteiger partial charge on any atom is -0.623 e. The molecule has 23 heavy (non-hydrogen) atoms. The Morgan fingerprint density at radius 2 is 1.96 bits per heavy atom. The zero-order valence-corrected chi connectivity index (χ0v) is 13.2. The van der Waals surface area contributed by atoms with Crippen molar-refractivity contribution in [3.63, 3.8) is 0 Å². The molecular weight excluding hydrogens is 310 g/mol. The van der Waals surface area contributed by atoms with Crippen molar-refractivity contribution in [1.82, 2.24) is 9.55 Å². The van der Waals surface area contributed by atoms with Crippen LogP contribution < -0.4 is 0 Å². The zero-order chi connectivity index (χ0) is 16.1. The topological polar surface area (TPSA) is 43.9 Å². The monoisotopic (exact) mass is 325 g/mol. The lowest BCUT2D eigenvalue weighted by Crippen LogP contribution is -2.22. The number of benzene rings is 2. The number of rotatable bonds is 5. The quantitative estimate of drug-likeness (QED) is 0.310. The van der Waals surface area contributed by atoms with E-state index in [1.165, 1.54) is 0 Å². The standard InChI is InChI=1S/C18H16ClN3O/c19-17-8-4-5-15(11-17)12-22(23)18(13-21-10-9-20-14-21)16-6-2-1-3-7-16/h1-11,14H,12-13H2/b22-18+. The molecule has 0 fully saturated rings. The molecular formula is C18H16ClN3O. The molecule has 3 aromatic rings. The highest BCUT2D eigenvalue weighted by Gasteiger charge is 2.14. The van der Waals surface area contributed by atoms with E-state index in [2.05, 4.69) is 4.98 Å². The second-order valence-electron chi connectivity index (χ2n) is 5.21. The Kier molecular flexibility index (Phi) is 4.74. The fraction of sp³-hybridized carbons (Fsp3) is 0.111. The smallest absolute Gasteiger partial charge is 0.214 e. The first-order valence-electron chi connectivity index (χ1n) is 7.28. The molecule has 0 aliphatic carbocycles. The highest BCUT2D eigenvalue weighted by molar-refractivity contribution is 6.30. The van der Waals surface area contributed by atoms with Gasteiger partial charge >= 0.3 is 0 Å². The Labute approximate surface area is 139 Å². The van der Waals surface area contributed by atoms with E-state index in [1.807, 2.05) is 59.3 Å². The van der Waals surface area contributed by atoms with Crippen LogP contribution in [0.3, 0.4) is 0 Å². The van der Waals surface area contributed by atoms with E-state index in [4.69, 9.17) is 11.6 Å². The summed E-state index contributed by atoms with van der Waals surface area (Å²) in [5.74, 6) is 0. The summed E-state index contributed by atoms with van der Waals surface area (Å²) in [6.45, 7) is 0.716. The predicted octanol–water partition coefficient (Wildman–Crippen LogP) is 3.74. The van der Waals surface area contributed by atoms with Gasteiger partial charge in [-0.05, 0) is 24.3 Å². The fourth-order valence-corrected chi connectivity index (χ4v) is 2.61. The SMILES string of the molecule is [O-]/[N+](Cc1cccc(Cl)c1)=C(\Cn1ccnc1)c1ccccc1. The Bertz CT molecular complexity index is 798. The Morgan fingerprint density at radius 3 is 2.65 bits per heavy atom. The van der Waals surface area contributed by atoms with Crippen LogP contribution in [0.4, 0.5) is 0 Å². The van der Waals surface area contributed by atoms with Gasteiger partial charge in [0.1, 0.15) is 6.54 Å². The van der Waals surface area contributed by atoms with Crippen LogP contribution >= 0.6 is 11.6 Å². The van der Waals surface area contributed by atoms with Crippen LogP contribution in [-0.4, -0.2) is 20.0 Å². The van der Waals surface area contributed by atoms with Crippen LogP contribution in [0.25, 0.3) is 0 Å². The van der Waals surface area contributed by atoms with Gasteiger partial charge in [-0.25, -0.2) is 9.72 Å². The van der Waals surface area contributed by atoms with Crippen molar-refractivity contribution in [2.75, 3.05) is 0 Å². The van der Waals surface area contributed by atoms with Gasteiger partial charge < -0.3 is 9.77 Å². The maximum absolute atomic E-state index is 12.8. The van der Waals surface area contributed by atoms with E-state index in [-0.39, 0.29) is 6.54 Å². The number of hydrogen-bond donors (Lipinski definition) is 0. The molecule has 5 heteroatoms. The summed E-state index contributed by atoms with van der Waals surface area (Å²) in [5, 5.41) is 13.4. The molecule has 0 bridgehead atoms. The van der Waals surface area contributed by atoms with Gasteiger partial charge in [-0.15, -0.1) is 0 Å². The highest BCUT2D eigenvalue weighted by Crippen LogP contribution is 2.12. The lowest BCUT2D eigenvalue weighted by atomic mass is 10.1. The highest BCUT2D eigenvalue weighted by atomic mass is 35.5. The molecule has 0 amide bonds. The third-order valence-corrected chi connectivity index (χ3v) is 3.75. The summed E-state index contributed by atoms with van der Waals surface area (Å²) in [5.41, 5.74) is 2.47. The van der Waals surface area contributed by atoms with Crippen LogP contribution in [0.5, 0.6) is 0 Å². The van der Waals surface area contributed by atoms with Gasteiger partial charge in [0.05, 0.1) is 6.33 Å². The predicted molar refractivity (Wildman–Crippen MR) is 91.6 cm³/mol. The van der Waals surface area contributed by atoms with Gasteiger partial charge in [0, 0.05) is 28.5 Å². The number of nitrogens with zero attached hydrogens (tertiary/aromatic N) is 3. The van der Waals surface area contributed by atoms with Gasteiger partial charge in [-0.1, -0.05) is 41.9 Å². The number of imidazole rings is 1. The van der Waals surface area contributed by atoms with Gasteiger partial charge in [0.15, 0.2) is 6.54 Å². The van der Waals surface area contributed by atoms with Gasteiger partial charge in [0.2, 0.25) is 5.71 Å². The molecule has 0 saturated carbocycles. The number of halogens is 1. The van der Waals surface area contributed by atoms with Crippen molar-refractivity contribution in [3.8, 4) is 0 Å². The average molecular weight is 326 g/mol. The van der Waals surface area contributed by atoms with Crippen molar-refractivity contribution in [3.05, 3.63) is 94.7 Å². The van der Waals surface area contributed by atoms with Crippen molar-refractivity contribution in [2.45, 2.75) is 13.1 Å². The van der Waals surface area contributed by atoms with Crippen LogP contribution in [0.1, 0.15) is 11.1 Å². The molecule has 0 N–H and O–H groups in total. The van der Waals surface area contributed by atoms with Gasteiger partial charge in [0.25, 0.3) is 0 Å². The average Bonchev–Trinajstić information content (AvgIpc) is 3.06. The second-order valence-corrected chi connectivity index (χ2v) is 5.65. The van der Waals surface area contributed by atoms with E-state index in [0.717, 1.165) is 15.9 Å². The Balaban J connectivity index is 1.95. The lowest BCUT2D eigenvalue weighted by Gasteiger charge is -2.12. The summed E-state index contributed by atoms with van der Waals surface area (Å²) in [6, 6.07) is 17.0. The van der Waals surface area contributed by atoms with E-state index < -0.39 is 0 Å². The van der Waals surface area contributed by atoms with E-state index in [1.54, 1.807) is 18.6 Å². The minimum atomic E-state index is 0.249. The molecule has 0 aliphatic rings. The maximum Gasteiger partial charge on any atom is 0.214 e. The molecule has 4 nitrogen and oxygen atoms in total. The van der Waals surface area contributed by atoms with E-state index in [9.17, 15) is 5.21 Å². The fourth-order valence-electron chi connectivity index (χ4n) is 2.39. The summed E-state index contributed by atoms with van der Waals surface area (Å²) in [6.07, 6.45) is 5.25. The first kappa shape index (κ1) is 15.3. The number of aromatic nitrogens is 2. The van der Waals surface area contributed by atoms with Crippen molar-refractivity contribution in [2.24, 2.45) is 0 Å².